The molecule has 1 aromatic carbocycles. The molecule has 134 valence electrons. The van der Waals surface area contributed by atoms with E-state index in [0.717, 1.165) is 30.2 Å². The van der Waals surface area contributed by atoms with E-state index in [-0.39, 0.29) is 22.8 Å². The fourth-order valence-corrected chi connectivity index (χ4v) is 2.91. The van der Waals surface area contributed by atoms with Gasteiger partial charge in [-0.2, -0.15) is 0 Å². The number of nitro groups is 1. The standard InChI is InChI=1S/C15H19N5O4S/c1-3-4-7-19-14(22)17-18-15(19)25-9-13(21)16-11-6-5-10(2)8-12(11)20(23)24/h5-6,8H,3-4,7,9H2,1-2H3,(H,16,21)(H,17,22). The Labute approximate surface area is 148 Å². The Kier molecular flexibility index (Phi) is 6.34. The van der Waals surface area contributed by atoms with Crippen molar-refractivity contribution in [3.63, 3.8) is 0 Å². The number of nitro benzene ring substituents is 1. The van der Waals surface area contributed by atoms with Crippen LogP contribution in [0.3, 0.4) is 0 Å². The van der Waals surface area contributed by atoms with Crippen LogP contribution in [-0.4, -0.2) is 31.3 Å². The second-order valence-corrected chi connectivity index (χ2v) is 6.37. The van der Waals surface area contributed by atoms with E-state index in [9.17, 15) is 19.7 Å². The van der Waals surface area contributed by atoms with Crippen LogP contribution in [0.15, 0.2) is 28.2 Å². The molecular formula is C15H19N5O4S. The van der Waals surface area contributed by atoms with Gasteiger partial charge in [0.25, 0.3) is 5.69 Å². The van der Waals surface area contributed by atoms with Crippen LogP contribution >= 0.6 is 11.8 Å². The van der Waals surface area contributed by atoms with Crippen LogP contribution in [0, 0.1) is 17.0 Å². The van der Waals surface area contributed by atoms with Crippen molar-refractivity contribution < 1.29 is 9.72 Å². The Balaban J connectivity index is 2.03. The quantitative estimate of drug-likeness (QED) is 0.420. The molecule has 0 fully saturated rings. The van der Waals surface area contributed by atoms with Gasteiger partial charge in [0, 0.05) is 12.6 Å². The highest BCUT2D eigenvalue weighted by Gasteiger charge is 2.17. The molecular weight excluding hydrogens is 346 g/mol. The minimum Gasteiger partial charge on any atom is -0.320 e. The molecule has 0 aliphatic heterocycles. The summed E-state index contributed by atoms with van der Waals surface area (Å²) in [7, 11) is 0. The third-order valence-electron chi connectivity index (χ3n) is 3.41. The molecule has 2 rings (SSSR count). The van der Waals surface area contributed by atoms with Gasteiger partial charge in [0.15, 0.2) is 5.16 Å². The molecule has 0 aliphatic rings. The summed E-state index contributed by atoms with van der Waals surface area (Å²) in [6.45, 7) is 4.28. The summed E-state index contributed by atoms with van der Waals surface area (Å²) in [5.74, 6) is -0.420. The van der Waals surface area contributed by atoms with Crippen molar-refractivity contribution in [2.45, 2.75) is 38.4 Å². The lowest BCUT2D eigenvalue weighted by molar-refractivity contribution is -0.384. The van der Waals surface area contributed by atoms with Crippen LogP contribution in [0.5, 0.6) is 0 Å². The van der Waals surface area contributed by atoms with Crippen LogP contribution in [0.1, 0.15) is 25.3 Å². The number of nitrogens with zero attached hydrogens (tertiary/aromatic N) is 3. The lowest BCUT2D eigenvalue weighted by Crippen LogP contribution is -2.19. The molecule has 25 heavy (non-hydrogen) atoms. The lowest BCUT2D eigenvalue weighted by Gasteiger charge is -2.07. The molecule has 2 aromatic rings. The zero-order valence-electron chi connectivity index (χ0n) is 13.9. The highest BCUT2D eigenvalue weighted by Crippen LogP contribution is 2.25. The summed E-state index contributed by atoms with van der Waals surface area (Å²) in [6.07, 6.45) is 1.76. The minimum atomic E-state index is -0.536. The first-order valence-electron chi connectivity index (χ1n) is 7.75. The number of amides is 1. The van der Waals surface area contributed by atoms with E-state index < -0.39 is 10.8 Å². The first-order chi connectivity index (χ1) is 11.9. The highest BCUT2D eigenvalue weighted by molar-refractivity contribution is 7.99. The summed E-state index contributed by atoms with van der Waals surface area (Å²) in [6, 6.07) is 4.59. The van der Waals surface area contributed by atoms with Gasteiger partial charge in [-0.05, 0) is 25.0 Å². The average Bonchev–Trinajstić information content (AvgIpc) is 2.92. The molecule has 9 nitrogen and oxygen atoms in total. The monoisotopic (exact) mass is 365 g/mol. The summed E-state index contributed by atoms with van der Waals surface area (Å²) >= 11 is 1.10. The van der Waals surface area contributed by atoms with E-state index in [1.54, 1.807) is 13.0 Å². The number of H-pyrrole nitrogens is 1. The zero-order valence-corrected chi connectivity index (χ0v) is 14.8. The maximum absolute atomic E-state index is 12.1. The van der Waals surface area contributed by atoms with E-state index in [1.165, 1.54) is 16.7 Å². The van der Waals surface area contributed by atoms with Gasteiger partial charge in [-0.15, -0.1) is 5.10 Å². The largest absolute Gasteiger partial charge is 0.343 e. The predicted molar refractivity (Wildman–Crippen MR) is 94.9 cm³/mol. The Bertz CT molecular complexity index is 830. The number of benzene rings is 1. The topological polar surface area (TPSA) is 123 Å². The van der Waals surface area contributed by atoms with Crippen molar-refractivity contribution in [2.75, 3.05) is 11.1 Å². The molecule has 1 amide bonds. The summed E-state index contributed by atoms with van der Waals surface area (Å²) in [4.78, 5) is 34.3. The Morgan fingerprint density at radius 1 is 1.48 bits per heavy atom. The minimum absolute atomic E-state index is 0.0125. The molecule has 1 heterocycles. The van der Waals surface area contributed by atoms with Crippen LogP contribution < -0.4 is 11.0 Å². The number of thioether (sulfide) groups is 1. The summed E-state index contributed by atoms with van der Waals surface area (Å²) in [5, 5.41) is 20.3. The van der Waals surface area contributed by atoms with E-state index in [4.69, 9.17) is 0 Å². The van der Waals surface area contributed by atoms with Crippen LogP contribution in [-0.2, 0) is 11.3 Å². The van der Waals surface area contributed by atoms with Crippen molar-refractivity contribution in [3.8, 4) is 0 Å². The SMILES string of the molecule is CCCCn1c(SCC(=O)Nc2ccc(C)cc2[N+](=O)[O-])n[nH]c1=O. The number of carbonyl (C=O) groups is 1. The lowest BCUT2D eigenvalue weighted by atomic mass is 10.2. The number of aromatic amines is 1. The average molecular weight is 365 g/mol. The predicted octanol–water partition coefficient (Wildman–Crippen LogP) is 2.32. The molecule has 1 aromatic heterocycles. The van der Waals surface area contributed by atoms with Crippen LogP contribution in [0.2, 0.25) is 0 Å². The molecule has 2 N–H and O–H groups in total. The number of unbranched alkanes of at least 4 members (excludes halogenated alkanes) is 1. The van der Waals surface area contributed by atoms with Crippen molar-refractivity contribution in [3.05, 3.63) is 44.4 Å². The maximum atomic E-state index is 12.1. The Hall–Kier alpha value is -2.62. The molecule has 10 heteroatoms. The van der Waals surface area contributed by atoms with Crippen molar-refractivity contribution in [1.82, 2.24) is 14.8 Å². The number of aromatic nitrogens is 3. The molecule has 0 atom stereocenters. The van der Waals surface area contributed by atoms with Gasteiger partial charge in [-0.1, -0.05) is 31.2 Å². The number of nitrogens with one attached hydrogen (secondary N) is 2. The normalized spacial score (nSPS) is 10.6. The Morgan fingerprint density at radius 3 is 2.92 bits per heavy atom. The number of hydrogen-bond acceptors (Lipinski definition) is 6. The molecule has 0 saturated carbocycles. The third-order valence-corrected chi connectivity index (χ3v) is 4.39. The first-order valence-corrected chi connectivity index (χ1v) is 8.73. The second-order valence-electron chi connectivity index (χ2n) is 5.43. The number of rotatable bonds is 8. The van der Waals surface area contributed by atoms with Gasteiger partial charge < -0.3 is 5.32 Å². The van der Waals surface area contributed by atoms with E-state index in [1.807, 2.05) is 6.92 Å². The van der Waals surface area contributed by atoms with Gasteiger partial charge in [0.05, 0.1) is 10.7 Å². The molecule has 0 bridgehead atoms. The van der Waals surface area contributed by atoms with Crippen molar-refractivity contribution in [2.24, 2.45) is 0 Å². The number of anilines is 1. The van der Waals surface area contributed by atoms with Crippen LogP contribution in [0.4, 0.5) is 11.4 Å². The fourth-order valence-electron chi connectivity index (χ4n) is 2.14. The van der Waals surface area contributed by atoms with Gasteiger partial charge in [-0.25, -0.2) is 9.89 Å². The smallest absolute Gasteiger partial charge is 0.320 e. The zero-order chi connectivity index (χ0) is 18.4. The third kappa shape index (κ3) is 4.92. The first kappa shape index (κ1) is 18.7. The summed E-state index contributed by atoms with van der Waals surface area (Å²) < 4.78 is 1.48. The maximum Gasteiger partial charge on any atom is 0.343 e. The van der Waals surface area contributed by atoms with E-state index in [0.29, 0.717) is 11.7 Å². The number of carbonyl (C=O) groups excluding carboxylic acids is 1. The summed E-state index contributed by atoms with van der Waals surface area (Å²) in [5.41, 5.74) is 0.408. The molecule has 0 radical (unpaired) electrons. The molecule has 0 spiro atoms. The Morgan fingerprint density at radius 2 is 2.24 bits per heavy atom. The van der Waals surface area contributed by atoms with Gasteiger partial charge in [0.2, 0.25) is 5.91 Å². The molecule has 0 aliphatic carbocycles. The number of hydrogen-bond donors (Lipinski definition) is 2. The van der Waals surface area contributed by atoms with Gasteiger partial charge in [-0.3, -0.25) is 19.5 Å². The number of aryl methyl sites for hydroxylation is 1. The highest BCUT2D eigenvalue weighted by atomic mass is 32.2. The van der Waals surface area contributed by atoms with E-state index in [2.05, 4.69) is 15.5 Å². The van der Waals surface area contributed by atoms with Gasteiger partial charge >= 0.3 is 5.69 Å². The van der Waals surface area contributed by atoms with Crippen molar-refractivity contribution >= 4 is 29.0 Å². The fraction of sp³-hybridized carbons (Fsp3) is 0.400. The van der Waals surface area contributed by atoms with Crippen molar-refractivity contribution in [1.29, 1.82) is 0 Å². The second kappa shape index (κ2) is 8.47. The van der Waals surface area contributed by atoms with Crippen LogP contribution in [0.25, 0.3) is 0 Å². The van der Waals surface area contributed by atoms with E-state index >= 15 is 0 Å². The molecule has 0 saturated heterocycles. The van der Waals surface area contributed by atoms with Gasteiger partial charge in [0.1, 0.15) is 5.69 Å². The molecule has 0 unspecified atom stereocenters.